The summed E-state index contributed by atoms with van der Waals surface area (Å²) in [5, 5.41) is 2.54. The summed E-state index contributed by atoms with van der Waals surface area (Å²) in [6.07, 6.45) is -5.06. The van der Waals surface area contributed by atoms with Gasteiger partial charge in [-0.05, 0) is 29.8 Å². The van der Waals surface area contributed by atoms with Crippen LogP contribution in [0.15, 0.2) is 53.3 Å². The number of nitrogens with one attached hydrogen (secondary N) is 2. The van der Waals surface area contributed by atoms with Crippen LogP contribution in [0.1, 0.15) is 22.1 Å². The first kappa shape index (κ1) is 24.7. The number of nitrogens with zero attached hydrogens (tertiary/aromatic N) is 1. The summed E-state index contributed by atoms with van der Waals surface area (Å²) in [4.78, 5) is 31.7. The van der Waals surface area contributed by atoms with Gasteiger partial charge in [-0.3, -0.25) is 9.59 Å². The number of halogens is 4. The number of carbonyl (C=O) groups excluding carboxylic acids is 1. The van der Waals surface area contributed by atoms with Crippen LogP contribution in [0.3, 0.4) is 0 Å². The number of ether oxygens (including phenoxy) is 3. The average Bonchev–Trinajstić information content (AvgIpc) is 2.78. The Morgan fingerprint density at radius 1 is 1.12 bits per heavy atom. The predicted molar refractivity (Wildman–Crippen MR) is 112 cm³/mol. The second-order valence-electron chi connectivity index (χ2n) is 6.90. The lowest BCUT2D eigenvalue weighted by molar-refractivity contribution is -0.275. The normalized spacial score (nSPS) is 12.2. The molecule has 1 atom stereocenters. The molecule has 0 radical (unpaired) electrons. The average molecular weight is 481 g/mol. The van der Waals surface area contributed by atoms with Crippen molar-refractivity contribution in [2.24, 2.45) is 0 Å². The fourth-order valence-corrected chi connectivity index (χ4v) is 3.10. The summed E-state index contributed by atoms with van der Waals surface area (Å²) in [5.74, 6) is -2.59. The maximum Gasteiger partial charge on any atom is 0.573 e. The third-order valence-corrected chi connectivity index (χ3v) is 4.56. The molecule has 0 aliphatic rings. The van der Waals surface area contributed by atoms with Gasteiger partial charge in [-0.2, -0.15) is 0 Å². The van der Waals surface area contributed by atoms with Gasteiger partial charge in [0.15, 0.2) is 11.6 Å². The number of alkyl halides is 3. The molecule has 3 rings (SSSR count). The molecule has 1 heterocycles. The molecule has 0 saturated heterocycles. The van der Waals surface area contributed by atoms with Gasteiger partial charge in [-0.1, -0.05) is 18.2 Å². The van der Waals surface area contributed by atoms with Gasteiger partial charge in [-0.15, -0.1) is 13.2 Å². The Morgan fingerprint density at radius 3 is 2.50 bits per heavy atom. The van der Waals surface area contributed by atoms with Crippen LogP contribution in [-0.4, -0.2) is 43.1 Å². The second kappa shape index (κ2) is 10.3. The van der Waals surface area contributed by atoms with Crippen molar-refractivity contribution in [1.29, 1.82) is 0 Å². The molecular formula is C22H19F4N3O5. The smallest absolute Gasteiger partial charge is 0.496 e. The molecule has 3 aromatic rings. The molecule has 12 heteroatoms. The van der Waals surface area contributed by atoms with Crippen LogP contribution < -0.4 is 20.3 Å². The number of aromatic amines is 1. The standard InChI is InChI=1S/C22H19F4N3O5/c1-32-11-16(12-7-8-18(14(23)9-12)34-22(24,25)26)28-21(31)15-10-19(30)29-20(27-15)13-5-3-4-6-17(13)33-2/h3-10,16H,11H2,1-2H3,(H,28,31)(H,27,29,30)/t16-/m1/s1. The molecule has 0 unspecified atom stereocenters. The van der Waals surface area contributed by atoms with E-state index in [1.165, 1.54) is 14.2 Å². The highest BCUT2D eigenvalue weighted by Crippen LogP contribution is 2.28. The fourth-order valence-electron chi connectivity index (χ4n) is 3.10. The van der Waals surface area contributed by atoms with Crippen LogP contribution in [0, 0.1) is 5.82 Å². The largest absolute Gasteiger partial charge is 0.573 e. The van der Waals surface area contributed by atoms with E-state index in [2.05, 4.69) is 20.0 Å². The highest BCUT2D eigenvalue weighted by Gasteiger charge is 2.32. The molecular weight excluding hydrogens is 462 g/mol. The Hall–Kier alpha value is -3.93. The van der Waals surface area contributed by atoms with Gasteiger partial charge in [0.05, 0.1) is 25.3 Å². The highest BCUT2D eigenvalue weighted by atomic mass is 19.4. The monoisotopic (exact) mass is 481 g/mol. The Morgan fingerprint density at radius 2 is 1.85 bits per heavy atom. The second-order valence-corrected chi connectivity index (χ2v) is 6.90. The zero-order chi connectivity index (χ0) is 24.9. The topological polar surface area (TPSA) is 103 Å². The van der Waals surface area contributed by atoms with E-state index in [9.17, 15) is 27.2 Å². The van der Waals surface area contributed by atoms with Gasteiger partial charge >= 0.3 is 6.36 Å². The number of para-hydroxylation sites is 1. The zero-order valence-electron chi connectivity index (χ0n) is 17.9. The molecule has 2 N–H and O–H groups in total. The van der Waals surface area contributed by atoms with Crippen molar-refractivity contribution < 1.29 is 36.6 Å². The fraction of sp³-hybridized carbons (Fsp3) is 0.227. The molecule has 1 amide bonds. The maximum atomic E-state index is 14.2. The number of rotatable bonds is 8. The van der Waals surface area contributed by atoms with Gasteiger partial charge in [0.25, 0.3) is 11.5 Å². The number of amides is 1. The molecule has 2 aromatic carbocycles. The Labute approximate surface area is 190 Å². The Balaban J connectivity index is 1.89. The molecule has 0 spiro atoms. The van der Waals surface area contributed by atoms with Crippen LogP contribution in [0.5, 0.6) is 11.5 Å². The molecule has 0 aliphatic carbocycles. The van der Waals surface area contributed by atoms with Crippen LogP contribution in [-0.2, 0) is 4.74 Å². The van der Waals surface area contributed by atoms with E-state index in [0.29, 0.717) is 11.3 Å². The SMILES string of the molecule is COC[C@@H](NC(=O)c1cc(=O)[nH]c(-c2ccccc2OC)n1)c1ccc(OC(F)(F)F)c(F)c1. The van der Waals surface area contributed by atoms with Crippen molar-refractivity contribution in [2.45, 2.75) is 12.4 Å². The molecule has 1 aromatic heterocycles. The number of hydrogen-bond acceptors (Lipinski definition) is 6. The van der Waals surface area contributed by atoms with Crippen molar-refractivity contribution in [3.8, 4) is 22.9 Å². The molecule has 0 bridgehead atoms. The minimum Gasteiger partial charge on any atom is -0.496 e. The van der Waals surface area contributed by atoms with Gasteiger partial charge in [0.2, 0.25) is 0 Å². The van der Waals surface area contributed by atoms with Crippen LogP contribution in [0.2, 0.25) is 0 Å². The summed E-state index contributed by atoms with van der Waals surface area (Å²) >= 11 is 0. The maximum absolute atomic E-state index is 14.2. The van der Waals surface area contributed by atoms with Gasteiger partial charge < -0.3 is 24.5 Å². The lowest BCUT2D eigenvalue weighted by Gasteiger charge is -2.19. The number of aromatic nitrogens is 2. The lowest BCUT2D eigenvalue weighted by atomic mass is 10.1. The summed E-state index contributed by atoms with van der Waals surface area (Å²) < 4.78 is 65.2. The van der Waals surface area contributed by atoms with Crippen LogP contribution in [0.25, 0.3) is 11.4 Å². The molecule has 180 valence electrons. The first-order valence-electron chi connectivity index (χ1n) is 9.71. The summed E-state index contributed by atoms with van der Waals surface area (Å²) in [7, 11) is 2.76. The van der Waals surface area contributed by atoms with Gasteiger partial charge in [0.1, 0.15) is 17.3 Å². The third-order valence-electron chi connectivity index (χ3n) is 4.56. The van der Waals surface area contributed by atoms with Gasteiger partial charge in [0, 0.05) is 13.2 Å². The van der Waals surface area contributed by atoms with E-state index in [1.807, 2.05) is 0 Å². The quantitative estimate of drug-likeness (QED) is 0.477. The zero-order valence-corrected chi connectivity index (χ0v) is 17.9. The molecule has 0 fully saturated rings. The third kappa shape index (κ3) is 6.10. The number of methoxy groups -OCH3 is 2. The molecule has 8 nitrogen and oxygen atoms in total. The van der Waals surface area contributed by atoms with Crippen molar-refractivity contribution in [3.05, 3.63) is 76.0 Å². The Bertz CT molecular complexity index is 1230. The van der Waals surface area contributed by atoms with Crippen molar-refractivity contribution in [2.75, 3.05) is 20.8 Å². The molecule has 34 heavy (non-hydrogen) atoms. The van der Waals surface area contributed by atoms with E-state index < -0.39 is 35.4 Å². The molecule has 0 aliphatic heterocycles. The summed E-state index contributed by atoms with van der Waals surface area (Å²) in [5.41, 5.74) is -0.308. The van der Waals surface area contributed by atoms with Crippen molar-refractivity contribution >= 4 is 5.91 Å². The highest BCUT2D eigenvalue weighted by molar-refractivity contribution is 5.93. The van der Waals surface area contributed by atoms with Crippen LogP contribution >= 0.6 is 0 Å². The minimum absolute atomic E-state index is 0.0816. The first-order chi connectivity index (χ1) is 16.1. The Kier molecular flexibility index (Phi) is 7.51. The first-order valence-corrected chi connectivity index (χ1v) is 9.71. The molecule has 0 saturated carbocycles. The van der Waals surface area contributed by atoms with E-state index >= 15 is 0 Å². The van der Waals surface area contributed by atoms with Crippen LogP contribution in [0.4, 0.5) is 17.6 Å². The van der Waals surface area contributed by atoms with E-state index in [1.54, 1.807) is 24.3 Å². The van der Waals surface area contributed by atoms with Crippen molar-refractivity contribution in [1.82, 2.24) is 15.3 Å². The van der Waals surface area contributed by atoms with E-state index in [0.717, 1.165) is 24.3 Å². The minimum atomic E-state index is -5.06. The number of hydrogen-bond donors (Lipinski definition) is 2. The number of benzene rings is 2. The van der Waals surface area contributed by atoms with Gasteiger partial charge in [-0.25, -0.2) is 9.37 Å². The van der Waals surface area contributed by atoms with E-state index in [-0.39, 0.29) is 23.7 Å². The number of carbonyl (C=O) groups is 1. The van der Waals surface area contributed by atoms with Crippen molar-refractivity contribution in [3.63, 3.8) is 0 Å². The lowest BCUT2D eigenvalue weighted by Crippen LogP contribution is -2.33. The summed E-state index contributed by atoms with van der Waals surface area (Å²) in [6, 6.07) is 9.43. The summed E-state index contributed by atoms with van der Waals surface area (Å²) in [6.45, 7) is -0.146. The number of H-pyrrole nitrogens is 1. The predicted octanol–water partition coefficient (Wildman–Crippen LogP) is 3.60. The van der Waals surface area contributed by atoms with E-state index in [4.69, 9.17) is 9.47 Å².